The number of halogens is 3. The highest BCUT2D eigenvalue weighted by Crippen LogP contribution is 2.27. The number of hydrogen-bond donors (Lipinski definition) is 1. The highest BCUT2D eigenvalue weighted by Gasteiger charge is 2.33. The molecule has 0 fully saturated rings. The summed E-state index contributed by atoms with van der Waals surface area (Å²) in [7, 11) is 0. The Bertz CT molecular complexity index is 1180. The van der Waals surface area contributed by atoms with E-state index in [0.29, 0.717) is 29.2 Å². The zero-order valence-electron chi connectivity index (χ0n) is 15.6. The predicted octanol–water partition coefficient (Wildman–Crippen LogP) is 3.05. The molecule has 3 heterocycles. The highest BCUT2D eigenvalue weighted by atomic mass is 35.5. The number of amides is 2. The van der Waals surface area contributed by atoms with Gasteiger partial charge in [-0.05, 0) is 11.6 Å². The summed E-state index contributed by atoms with van der Waals surface area (Å²) in [5.74, 6) is -1.33. The fourth-order valence-electron chi connectivity index (χ4n) is 3.12. The summed E-state index contributed by atoms with van der Waals surface area (Å²) in [5.41, 5.74) is 0.225. The Balaban J connectivity index is 1.59. The molecular formula is C18H13ClF2N6O3S. The molecule has 2 amide bonds. The van der Waals surface area contributed by atoms with E-state index in [9.17, 15) is 23.2 Å². The van der Waals surface area contributed by atoms with Gasteiger partial charge in [-0.2, -0.15) is 5.10 Å². The summed E-state index contributed by atoms with van der Waals surface area (Å²) < 4.78 is 26.6. The van der Waals surface area contributed by atoms with Gasteiger partial charge in [0.15, 0.2) is 17.0 Å². The van der Waals surface area contributed by atoms with E-state index in [0.717, 1.165) is 5.56 Å². The van der Waals surface area contributed by atoms with E-state index in [2.05, 4.69) is 20.6 Å². The van der Waals surface area contributed by atoms with Crippen molar-refractivity contribution < 1.29 is 23.2 Å². The highest BCUT2D eigenvalue weighted by molar-refractivity contribution is 7.15. The summed E-state index contributed by atoms with van der Waals surface area (Å²) in [5, 5.41) is 12.9. The Morgan fingerprint density at radius 2 is 2.06 bits per heavy atom. The molecule has 4 rings (SSSR count). The Hall–Kier alpha value is -3.25. The van der Waals surface area contributed by atoms with Gasteiger partial charge in [-0.3, -0.25) is 24.4 Å². The first-order valence-corrected chi connectivity index (χ1v) is 10.1. The average Bonchev–Trinajstić information content (AvgIpc) is 3.36. The lowest BCUT2D eigenvalue weighted by molar-refractivity contribution is 0.0680. The minimum atomic E-state index is -2.82. The number of carbonyl (C=O) groups is 3. The Kier molecular flexibility index (Phi) is 5.74. The standard InChI is InChI=1S/C18H13ClF2N6O3S/c19-11-4-2-1-3-9(11)7-26-5-6-27-13(17(26)30)10(8-28)12(25-27)15(29)22-18-24-23-16(31-18)14(20)21/h1-4,8,14H,5-7H2,(H,22,24,29). The van der Waals surface area contributed by atoms with Crippen LogP contribution in [0.25, 0.3) is 0 Å². The third-order valence-corrected chi connectivity index (χ3v) is 5.78. The molecule has 0 spiro atoms. The second kappa shape index (κ2) is 8.47. The van der Waals surface area contributed by atoms with E-state index < -0.39 is 23.2 Å². The number of carbonyl (C=O) groups excluding carboxylic acids is 3. The smallest absolute Gasteiger partial charge is 0.291 e. The lowest BCUT2D eigenvalue weighted by atomic mass is 10.1. The minimum absolute atomic E-state index is 0.0241. The zero-order chi connectivity index (χ0) is 22.1. The fraction of sp³-hybridized carbons (Fsp3) is 0.222. The van der Waals surface area contributed by atoms with E-state index in [4.69, 9.17) is 11.6 Å². The summed E-state index contributed by atoms with van der Waals surface area (Å²) in [6, 6.07) is 7.07. The van der Waals surface area contributed by atoms with E-state index in [-0.39, 0.29) is 35.2 Å². The number of hydrogen-bond acceptors (Lipinski definition) is 7. The molecule has 1 N–H and O–H groups in total. The van der Waals surface area contributed by atoms with Crippen LogP contribution in [0.5, 0.6) is 0 Å². The molecule has 0 bridgehead atoms. The van der Waals surface area contributed by atoms with Crippen molar-refractivity contribution in [2.24, 2.45) is 0 Å². The molecule has 0 radical (unpaired) electrons. The van der Waals surface area contributed by atoms with Crippen LogP contribution in [0.4, 0.5) is 13.9 Å². The lowest BCUT2D eigenvalue weighted by Crippen LogP contribution is -2.40. The second-order valence-corrected chi connectivity index (χ2v) is 7.89. The molecule has 160 valence electrons. The SMILES string of the molecule is O=Cc1c(C(=O)Nc2nnc(C(F)F)s2)nn2c1C(=O)N(Cc1ccccc1Cl)CC2. The van der Waals surface area contributed by atoms with Crippen molar-refractivity contribution in [2.45, 2.75) is 19.5 Å². The Morgan fingerprint density at radius 1 is 1.29 bits per heavy atom. The van der Waals surface area contributed by atoms with Gasteiger partial charge in [0.05, 0.1) is 12.1 Å². The van der Waals surface area contributed by atoms with Crippen molar-refractivity contribution in [3.05, 3.63) is 56.8 Å². The first-order chi connectivity index (χ1) is 14.9. The summed E-state index contributed by atoms with van der Waals surface area (Å²) in [6.45, 7) is 0.783. The van der Waals surface area contributed by atoms with Crippen LogP contribution in [0, 0.1) is 0 Å². The molecule has 31 heavy (non-hydrogen) atoms. The van der Waals surface area contributed by atoms with Crippen LogP contribution in [0.15, 0.2) is 24.3 Å². The molecule has 0 unspecified atom stereocenters. The first-order valence-electron chi connectivity index (χ1n) is 8.90. The van der Waals surface area contributed by atoms with Gasteiger partial charge in [0, 0.05) is 18.1 Å². The van der Waals surface area contributed by atoms with Gasteiger partial charge in [-0.15, -0.1) is 10.2 Å². The molecular weight excluding hydrogens is 454 g/mol. The predicted molar refractivity (Wildman–Crippen MR) is 107 cm³/mol. The van der Waals surface area contributed by atoms with E-state index in [1.54, 1.807) is 24.3 Å². The van der Waals surface area contributed by atoms with Gasteiger partial charge in [0.1, 0.15) is 5.69 Å². The Labute approximate surface area is 182 Å². The molecule has 2 aromatic heterocycles. The van der Waals surface area contributed by atoms with Crippen molar-refractivity contribution in [1.82, 2.24) is 24.9 Å². The number of benzene rings is 1. The molecule has 0 atom stereocenters. The molecule has 13 heteroatoms. The van der Waals surface area contributed by atoms with Crippen LogP contribution in [0.2, 0.25) is 5.02 Å². The third-order valence-electron chi connectivity index (χ3n) is 4.56. The fourth-order valence-corrected chi connectivity index (χ4v) is 3.91. The molecule has 0 aliphatic carbocycles. The second-order valence-electron chi connectivity index (χ2n) is 6.47. The van der Waals surface area contributed by atoms with Gasteiger partial charge in [-0.1, -0.05) is 41.1 Å². The van der Waals surface area contributed by atoms with Gasteiger partial charge in [0.25, 0.3) is 18.2 Å². The van der Waals surface area contributed by atoms with Crippen LogP contribution in [0.1, 0.15) is 48.3 Å². The number of alkyl halides is 2. The van der Waals surface area contributed by atoms with Gasteiger partial charge in [0.2, 0.25) is 5.13 Å². The van der Waals surface area contributed by atoms with Crippen molar-refractivity contribution >= 4 is 46.2 Å². The summed E-state index contributed by atoms with van der Waals surface area (Å²) in [4.78, 5) is 38.8. The van der Waals surface area contributed by atoms with Crippen LogP contribution in [0.3, 0.4) is 0 Å². The molecule has 0 saturated carbocycles. The molecule has 9 nitrogen and oxygen atoms in total. The van der Waals surface area contributed by atoms with Gasteiger partial charge in [-0.25, -0.2) is 8.78 Å². The topological polar surface area (TPSA) is 110 Å². The zero-order valence-corrected chi connectivity index (χ0v) is 17.2. The first kappa shape index (κ1) is 21.0. The van der Waals surface area contributed by atoms with Gasteiger partial charge < -0.3 is 4.90 Å². The normalized spacial score (nSPS) is 13.4. The third kappa shape index (κ3) is 4.03. The van der Waals surface area contributed by atoms with Crippen molar-refractivity contribution in [2.75, 3.05) is 11.9 Å². The maximum absolute atomic E-state index is 13.0. The molecule has 1 aliphatic heterocycles. The lowest BCUT2D eigenvalue weighted by Gasteiger charge is -2.28. The van der Waals surface area contributed by atoms with E-state index in [1.807, 2.05) is 0 Å². The number of nitrogens with one attached hydrogen (secondary N) is 1. The summed E-state index contributed by atoms with van der Waals surface area (Å²) >= 11 is 6.67. The number of aldehydes is 1. The van der Waals surface area contributed by atoms with E-state index in [1.165, 1.54) is 9.58 Å². The summed E-state index contributed by atoms with van der Waals surface area (Å²) in [6.07, 6.45) is -2.45. The number of fused-ring (bicyclic) bond motifs is 1. The molecule has 1 aliphatic rings. The maximum Gasteiger partial charge on any atom is 0.291 e. The quantitative estimate of drug-likeness (QED) is 0.559. The van der Waals surface area contributed by atoms with Crippen LogP contribution < -0.4 is 5.32 Å². The number of anilines is 1. The monoisotopic (exact) mass is 466 g/mol. The number of nitrogens with zero attached hydrogens (tertiary/aromatic N) is 5. The number of aromatic nitrogens is 4. The average molecular weight is 467 g/mol. The molecule has 3 aromatic rings. The van der Waals surface area contributed by atoms with Gasteiger partial charge >= 0.3 is 0 Å². The van der Waals surface area contributed by atoms with Crippen LogP contribution in [-0.2, 0) is 13.1 Å². The number of rotatable bonds is 6. The minimum Gasteiger partial charge on any atom is -0.331 e. The Morgan fingerprint density at radius 3 is 2.74 bits per heavy atom. The van der Waals surface area contributed by atoms with E-state index >= 15 is 0 Å². The van der Waals surface area contributed by atoms with Crippen LogP contribution >= 0.6 is 22.9 Å². The van der Waals surface area contributed by atoms with Crippen molar-refractivity contribution in [1.29, 1.82) is 0 Å². The largest absolute Gasteiger partial charge is 0.331 e. The molecule has 0 saturated heterocycles. The van der Waals surface area contributed by atoms with Crippen LogP contribution in [-0.4, -0.2) is 49.5 Å². The van der Waals surface area contributed by atoms with Crippen molar-refractivity contribution in [3.8, 4) is 0 Å². The maximum atomic E-state index is 13.0. The van der Waals surface area contributed by atoms with Crippen molar-refractivity contribution in [3.63, 3.8) is 0 Å². The molecule has 1 aromatic carbocycles.